The number of likely N-dealkylation sites (N-methyl/N-ethyl adjacent to an activating group) is 1. The molecular formula is C25H26BrFN6O2. The molecule has 3 aromatic rings. The van der Waals surface area contributed by atoms with Gasteiger partial charge in [-0.25, -0.2) is 14.4 Å². The van der Waals surface area contributed by atoms with Gasteiger partial charge >= 0.3 is 0 Å². The van der Waals surface area contributed by atoms with Gasteiger partial charge in [-0.2, -0.15) is 0 Å². The van der Waals surface area contributed by atoms with Gasteiger partial charge in [0.05, 0.1) is 4.47 Å². The predicted octanol–water partition coefficient (Wildman–Crippen LogP) is 4.69. The molecule has 1 aliphatic rings. The summed E-state index contributed by atoms with van der Waals surface area (Å²) in [7, 11) is 2.13. The van der Waals surface area contributed by atoms with E-state index in [1.54, 1.807) is 6.07 Å². The molecule has 1 aliphatic heterocycles. The van der Waals surface area contributed by atoms with Crippen LogP contribution in [0.5, 0.6) is 5.75 Å². The molecule has 0 unspecified atom stereocenters. The topological polar surface area (TPSA) is 82.6 Å². The van der Waals surface area contributed by atoms with Crippen LogP contribution in [0.2, 0.25) is 0 Å². The highest BCUT2D eigenvalue weighted by atomic mass is 79.9. The molecule has 2 heterocycles. The smallest absolute Gasteiger partial charge is 0.275 e. The van der Waals surface area contributed by atoms with E-state index in [0.717, 1.165) is 37.6 Å². The van der Waals surface area contributed by atoms with E-state index >= 15 is 0 Å². The highest BCUT2D eigenvalue weighted by molar-refractivity contribution is 9.10. The van der Waals surface area contributed by atoms with Gasteiger partial charge in [0.15, 0.2) is 5.82 Å². The Morgan fingerprint density at radius 3 is 2.66 bits per heavy atom. The van der Waals surface area contributed by atoms with Gasteiger partial charge in [0.1, 0.15) is 23.7 Å². The number of carbonyl (C=O) groups excluding carboxylic acids is 1. The Morgan fingerprint density at radius 1 is 1.20 bits per heavy atom. The Balaban J connectivity index is 1.47. The number of carbonyl (C=O) groups is 1. The maximum absolute atomic E-state index is 14.4. The Morgan fingerprint density at radius 2 is 1.94 bits per heavy atom. The Hall–Kier alpha value is -3.50. The Labute approximate surface area is 212 Å². The molecule has 2 aromatic carbocycles. The van der Waals surface area contributed by atoms with Crippen LogP contribution < -0.4 is 20.3 Å². The highest BCUT2D eigenvalue weighted by Crippen LogP contribution is 2.29. The van der Waals surface area contributed by atoms with E-state index in [1.807, 2.05) is 24.3 Å². The van der Waals surface area contributed by atoms with Gasteiger partial charge in [-0.05, 0) is 59.4 Å². The second kappa shape index (κ2) is 11.3. The lowest BCUT2D eigenvalue weighted by atomic mass is 10.2. The van der Waals surface area contributed by atoms with E-state index in [2.05, 4.69) is 60.0 Å². The normalized spacial score (nSPS) is 13.9. The average Bonchev–Trinajstić information content (AvgIpc) is 2.86. The van der Waals surface area contributed by atoms with Crippen molar-refractivity contribution in [3.05, 3.63) is 77.3 Å². The van der Waals surface area contributed by atoms with Crippen molar-refractivity contribution in [2.45, 2.75) is 0 Å². The van der Waals surface area contributed by atoms with Crippen LogP contribution in [-0.2, 0) is 0 Å². The van der Waals surface area contributed by atoms with E-state index < -0.39 is 11.7 Å². The fourth-order valence-electron chi connectivity index (χ4n) is 3.60. The maximum Gasteiger partial charge on any atom is 0.275 e. The number of anilines is 4. The summed E-state index contributed by atoms with van der Waals surface area (Å²) in [5.41, 5.74) is 1.92. The van der Waals surface area contributed by atoms with E-state index in [9.17, 15) is 9.18 Å². The number of halogens is 2. The van der Waals surface area contributed by atoms with Crippen molar-refractivity contribution >= 4 is 44.8 Å². The molecular weight excluding hydrogens is 515 g/mol. The molecule has 1 saturated heterocycles. The second-order valence-corrected chi connectivity index (χ2v) is 8.87. The lowest BCUT2D eigenvalue weighted by molar-refractivity contribution is 0.102. The molecule has 1 aromatic heterocycles. The van der Waals surface area contributed by atoms with E-state index in [1.165, 1.54) is 24.4 Å². The third kappa shape index (κ3) is 6.14. The number of hydrogen-bond acceptors (Lipinski definition) is 7. The van der Waals surface area contributed by atoms with Crippen molar-refractivity contribution in [3.8, 4) is 5.75 Å². The first kappa shape index (κ1) is 24.6. The number of amides is 1. The Bertz CT molecular complexity index is 1200. The van der Waals surface area contributed by atoms with Gasteiger partial charge in [0, 0.05) is 43.8 Å². The fraction of sp³-hybridized carbons (Fsp3) is 0.240. The van der Waals surface area contributed by atoms with E-state index in [-0.39, 0.29) is 29.7 Å². The van der Waals surface area contributed by atoms with Gasteiger partial charge in [-0.1, -0.05) is 18.7 Å². The zero-order valence-corrected chi connectivity index (χ0v) is 20.9. The summed E-state index contributed by atoms with van der Waals surface area (Å²) >= 11 is 3.31. The van der Waals surface area contributed by atoms with Crippen LogP contribution in [0, 0.1) is 5.82 Å². The number of ether oxygens (including phenoxy) is 1. The molecule has 0 aliphatic carbocycles. The predicted molar refractivity (Wildman–Crippen MR) is 139 cm³/mol. The summed E-state index contributed by atoms with van der Waals surface area (Å²) < 4.78 is 20.3. The van der Waals surface area contributed by atoms with E-state index in [0.29, 0.717) is 4.47 Å². The zero-order valence-electron chi connectivity index (χ0n) is 19.3. The number of nitrogens with zero attached hydrogens (tertiary/aromatic N) is 4. The summed E-state index contributed by atoms with van der Waals surface area (Å²) in [5, 5.41) is 5.67. The zero-order chi connectivity index (χ0) is 24.8. The quantitative estimate of drug-likeness (QED) is 0.401. The second-order valence-electron chi connectivity index (χ2n) is 8.02. The summed E-state index contributed by atoms with van der Waals surface area (Å²) in [4.78, 5) is 26.2. The van der Waals surface area contributed by atoms with Crippen LogP contribution >= 0.6 is 15.9 Å². The molecule has 0 bridgehead atoms. The lowest BCUT2D eigenvalue weighted by Gasteiger charge is -2.34. The molecule has 8 nitrogen and oxygen atoms in total. The molecule has 1 fully saturated rings. The van der Waals surface area contributed by atoms with Crippen molar-refractivity contribution in [2.75, 3.05) is 55.4 Å². The van der Waals surface area contributed by atoms with Crippen LogP contribution in [0.25, 0.3) is 0 Å². The third-order valence-corrected chi connectivity index (χ3v) is 6.10. The average molecular weight is 541 g/mol. The van der Waals surface area contributed by atoms with Crippen LogP contribution in [0.4, 0.5) is 27.4 Å². The van der Waals surface area contributed by atoms with Crippen molar-refractivity contribution < 1.29 is 13.9 Å². The lowest BCUT2D eigenvalue weighted by Crippen LogP contribution is -2.44. The van der Waals surface area contributed by atoms with Crippen LogP contribution in [-0.4, -0.2) is 60.6 Å². The number of hydrogen-bond donors (Lipinski definition) is 2. The van der Waals surface area contributed by atoms with Gasteiger partial charge < -0.3 is 25.2 Å². The molecule has 0 spiro atoms. The number of benzene rings is 2. The van der Waals surface area contributed by atoms with Gasteiger partial charge in [-0.15, -0.1) is 0 Å². The molecule has 0 atom stereocenters. The molecule has 0 saturated carbocycles. The van der Waals surface area contributed by atoms with E-state index in [4.69, 9.17) is 4.74 Å². The van der Waals surface area contributed by atoms with Gasteiger partial charge in [0.25, 0.3) is 5.91 Å². The first-order valence-corrected chi connectivity index (χ1v) is 11.9. The first-order chi connectivity index (χ1) is 16.9. The number of para-hydroxylation sites is 1. The minimum atomic E-state index is -0.621. The van der Waals surface area contributed by atoms with Crippen LogP contribution in [0.1, 0.15) is 10.5 Å². The first-order valence-electron chi connectivity index (χ1n) is 11.1. The molecule has 0 radical (unpaired) electrons. The highest BCUT2D eigenvalue weighted by Gasteiger charge is 2.19. The fourth-order valence-corrected chi connectivity index (χ4v) is 3.97. The van der Waals surface area contributed by atoms with Crippen LogP contribution in [0.3, 0.4) is 0 Å². The SMILES string of the molecule is C=CCOc1cccc(F)c1NC(=O)c1nc(Nc2ccc(N3CCN(C)CC3)cc2)ncc1Br. The summed E-state index contributed by atoms with van der Waals surface area (Å²) in [6.45, 7) is 7.79. The molecule has 10 heteroatoms. The molecule has 4 rings (SSSR count). The summed E-state index contributed by atoms with van der Waals surface area (Å²) in [6.07, 6.45) is 3.01. The number of nitrogens with one attached hydrogen (secondary N) is 2. The van der Waals surface area contributed by atoms with Crippen molar-refractivity contribution in [2.24, 2.45) is 0 Å². The molecule has 1 amide bonds. The van der Waals surface area contributed by atoms with Gasteiger partial charge in [0.2, 0.25) is 5.95 Å². The van der Waals surface area contributed by atoms with Gasteiger partial charge in [-0.3, -0.25) is 4.79 Å². The van der Waals surface area contributed by atoms with Crippen molar-refractivity contribution in [1.82, 2.24) is 14.9 Å². The number of aromatic nitrogens is 2. The molecule has 2 N–H and O–H groups in total. The number of piperazine rings is 1. The largest absolute Gasteiger partial charge is 0.487 e. The summed E-state index contributed by atoms with van der Waals surface area (Å²) in [6, 6.07) is 12.3. The standard InChI is InChI=1S/C25H26BrFN6O2/c1-3-15-35-21-6-4-5-20(27)23(21)30-24(34)22-19(26)16-28-25(31-22)29-17-7-9-18(10-8-17)33-13-11-32(2)12-14-33/h3-10,16H,1,11-15H2,2H3,(H,30,34)(H,28,29,31). The number of rotatable bonds is 8. The summed E-state index contributed by atoms with van der Waals surface area (Å²) in [5.74, 6) is -0.797. The third-order valence-electron chi connectivity index (χ3n) is 5.52. The molecule has 182 valence electrons. The maximum atomic E-state index is 14.4. The Kier molecular flexibility index (Phi) is 7.94. The van der Waals surface area contributed by atoms with Crippen LogP contribution in [0.15, 0.2) is 65.8 Å². The minimum Gasteiger partial charge on any atom is -0.487 e. The van der Waals surface area contributed by atoms with Crippen molar-refractivity contribution in [3.63, 3.8) is 0 Å². The van der Waals surface area contributed by atoms with Crippen molar-refractivity contribution in [1.29, 1.82) is 0 Å². The monoisotopic (exact) mass is 540 g/mol. The molecule has 35 heavy (non-hydrogen) atoms. The minimum absolute atomic E-state index is 0.0504.